The molecule has 5 N–H and O–H groups in total. The fourth-order valence-electron chi connectivity index (χ4n) is 1.36. The number of hydrogen-bond acceptors (Lipinski definition) is 4. The number of nitrogens with one attached hydrogen (secondary N) is 2. The lowest BCUT2D eigenvalue weighted by Gasteiger charge is -2.10. The lowest BCUT2D eigenvalue weighted by atomic mass is 10.2. The zero-order chi connectivity index (χ0) is 16.2. The predicted octanol–water partition coefficient (Wildman–Crippen LogP) is 0.124. The maximum absolute atomic E-state index is 13.9. The first-order chi connectivity index (χ1) is 9.65. The number of nitrogens with two attached hydrogens (primary N) is 1. The summed E-state index contributed by atoms with van der Waals surface area (Å²) in [6.07, 6.45) is 0. The molecule has 8 nitrogen and oxygen atoms in total. The first kappa shape index (κ1) is 17.1. The van der Waals surface area contributed by atoms with Gasteiger partial charge in [0.2, 0.25) is 10.0 Å². The number of halogens is 2. The lowest BCUT2D eigenvalue weighted by Crippen LogP contribution is -2.37. The Bertz CT molecular complexity index is 680. The van der Waals surface area contributed by atoms with Crippen molar-refractivity contribution in [3.63, 3.8) is 0 Å². The highest BCUT2D eigenvalue weighted by atomic mass is 35.5. The van der Waals surface area contributed by atoms with Gasteiger partial charge < -0.3 is 16.2 Å². The lowest BCUT2D eigenvalue weighted by molar-refractivity contribution is 0.0691. The Balaban J connectivity index is 3.03. The van der Waals surface area contributed by atoms with E-state index < -0.39 is 38.3 Å². The smallest absolute Gasteiger partial charge is 0.338 e. The van der Waals surface area contributed by atoms with Crippen molar-refractivity contribution in [1.82, 2.24) is 10.0 Å². The Kier molecular flexibility index (Phi) is 5.47. The molecular formula is C10H11ClFN3O5S. The van der Waals surface area contributed by atoms with Gasteiger partial charge in [-0.3, -0.25) is 0 Å². The van der Waals surface area contributed by atoms with Crippen molar-refractivity contribution in [3.05, 3.63) is 28.5 Å². The van der Waals surface area contributed by atoms with Crippen LogP contribution in [0.25, 0.3) is 0 Å². The van der Waals surface area contributed by atoms with E-state index in [4.69, 9.17) is 22.4 Å². The van der Waals surface area contributed by atoms with Crippen LogP contribution in [0.2, 0.25) is 5.02 Å². The van der Waals surface area contributed by atoms with E-state index in [-0.39, 0.29) is 18.1 Å². The average Bonchev–Trinajstić information content (AvgIpc) is 2.36. The Morgan fingerprint density at radius 3 is 2.48 bits per heavy atom. The number of primary amides is 1. The van der Waals surface area contributed by atoms with E-state index in [0.29, 0.717) is 0 Å². The number of sulfonamides is 1. The molecule has 0 spiro atoms. The molecule has 0 radical (unpaired) electrons. The summed E-state index contributed by atoms with van der Waals surface area (Å²) in [4.78, 5) is 20.3. The van der Waals surface area contributed by atoms with Gasteiger partial charge in [-0.15, -0.1) is 0 Å². The van der Waals surface area contributed by atoms with Gasteiger partial charge in [0.25, 0.3) is 0 Å². The summed E-state index contributed by atoms with van der Waals surface area (Å²) in [5.74, 6) is -3.08. The molecule has 1 aromatic carbocycles. The van der Waals surface area contributed by atoms with Crippen LogP contribution in [0.3, 0.4) is 0 Å². The number of carboxylic acids is 1. The maximum Gasteiger partial charge on any atom is 0.338 e. The number of rotatable bonds is 6. The van der Waals surface area contributed by atoms with Crippen molar-refractivity contribution in [3.8, 4) is 0 Å². The van der Waals surface area contributed by atoms with Gasteiger partial charge in [0.05, 0.1) is 5.56 Å². The topological polar surface area (TPSA) is 139 Å². The van der Waals surface area contributed by atoms with E-state index in [0.717, 1.165) is 12.1 Å². The minimum atomic E-state index is -4.33. The van der Waals surface area contributed by atoms with Gasteiger partial charge in [-0.25, -0.2) is 27.1 Å². The fraction of sp³-hybridized carbons (Fsp3) is 0.200. The summed E-state index contributed by atoms with van der Waals surface area (Å²) in [5.41, 5.74) is 3.92. The molecule has 0 unspecified atom stereocenters. The summed E-state index contributed by atoms with van der Waals surface area (Å²) in [7, 11) is -4.33. The summed E-state index contributed by atoms with van der Waals surface area (Å²) in [6.45, 7) is -0.387. The number of urea groups is 1. The van der Waals surface area contributed by atoms with Gasteiger partial charge in [0, 0.05) is 18.1 Å². The molecule has 2 amide bonds. The molecule has 0 heterocycles. The third kappa shape index (κ3) is 4.55. The minimum Gasteiger partial charge on any atom is -0.478 e. The Morgan fingerprint density at radius 1 is 1.33 bits per heavy atom. The fourth-order valence-corrected chi connectivity index (χ4v) is 2.80. The molecule has 11 heteroatoms. The number of benzene rings is 1. The molecule has 0 atom stereocenters. The molecule has 0 fully saturated rings. The van der Waals surface area contributed by atoms with Crippen LogP contribution in [0, 0.1) is 5.82 Å². The average molecular weight is 340 g/mol. The van der Waals surface area contributed by atoms with Gasteiger partial charge in [0.15, 0.2) is 5.82 Å². The van der Waals surface area contributed by atoms with Crippen LogP contribution >= 0.6 is 11.6 Å². The van der Waals surface area contributed by atoms with E-state index in [1.54, 1.807) is 0 Å². The van der Waals surface area contributed by atoms with Gasteiger partial charge in [-0.2, -0.15) is 0 Å². The van der Waals surface area contributed by atoms with Crippen LogP contribution in [0.1, 0.15) is 10.4 Å². The van der Waals surface area contributed by atoms with Crippen LogP contribution in [0.4, 0.5) is 9.18 Å². The van der Waals surface area contributed by atoms with Crippen LogP contribution in [-0.4, -0.2) is 38.6 Å². The van der Waals surface area contributed by atoms with Crippen LogP contribution in [-0.2, 0) is 10.0 Å². The minimum absolute atomic E-state index is 0.122. The van der Waals surface area contributed by atoms with E-state index in [9.17, 15) is 22.4 Å². The molecule has 0 aromatic heterocycles. The number of carbonyl (C=O) groups excluding carboxylic acids is 1. The van der Waals surface area contributed by atoms with Gasteiger partial charge in [-0.05, 0) is 12.1 Å². The highest BCUT2D eigenvalue weighted by Gasteiger charge is 2.24. The summed E-state index contributed by atoms with van der Waals surface area (Å²) < 4.78 is 39.6. The summed E-state index contributed by atoms with van der Waals surface area (Å²) in [5, 5.41) is 10.7. The number of hydrogen-bond donors (Lipinski definition) is 4. The van der Waals surface area contributed by atoms with Crippen LogP contribution in [0.5, 0.6) is 0 Å². The molecule has 0 aliphatic heterocycles. The van der Waals surface area contributed by atoms with Crippen molar-refractivity contribution < 1.29 is 27.5 Å². The second-order valence-corrected chi connectivity index (χ2v) is 5.93. The molecule has 116 valence electrons. The molecule has 1 aromatic rings. The second-order valence-electron chi connectivity index (χ2n) is 3.76. The first-order valence-corrected chi connectivity index (χ1v) is 7.26. The number of aromatic carboxylic acids is 1. The Morgan fingerprint density at radius 2 is 1.95 bits per heavy atom. The van der Waals surface area contributed by atoms with Crippen LogP contribution < -0.4 is 15.8 Å². The molecule has 0 aliphatic carbocycles. The van der Waals surface area contributed by atoms with E-state index >= 15 is 0 Å². The quantitative estimate of drug-likeness (QED) is 0.545. The maximum atomic E-state index is 13.9. The van der Waals surface area contributed by atoms with Crippen molar-refractivity contribution in [2.75, 3.05) is 13.1 Å². The zero-order valence-electron chi connectivity index (χ0n) is 10.4. The van der Waals surface area contributed by atoms with E-state index in [1.165, 1.54) is 0 Å². The van der Waals surface area contributed by atoms with Crippen molar-refractivity contribution in [2.45, 2.75) is 4.90 Å². The van der Waals surface area contributed by atoms with Gasteiger partial charge >= 0.3 is 12.0 Å². The molecule has 1 rings (SSSR count). The SMILES string of the molecule is NC(=O)NCCNS(=O)(=O)c1cc(Cl)cc(C(=O)O)c1F. The highest BCUT2D eigenvalue weighted by molar-refractivity contribution is 7.89. The van der Waals surface area contributed by atoms with Crippen molar-refractivity contribution in [2.24, 2.45) is 5.73 Å². The molecule has 21 heavy (non-hydrogen) atoms. The molecule has 0 bridgehead atoms. The molecule has 0 saturated carbocycles. The Hall–Kier alpha value is -1.91. The highest BCUT2D eigenvalue weighted by Crippen LogP contribution is 2.23. The normalized spacial score (nSPS) is 11.1. The van der Waals surface area contributed by atoms with E-state index in [1.807, 2.05) is 4.72 Å². The second kappa shape index (κ2) is 6.70. The summed E-state index contributed by atoms with van der Waals surface area (Å²) in [6, 6.07) is 0.733. The predicted molar refractivity (Wildman–Crippen MR) is 71.1 cm³/mol. The first-order valence-electron chi connectivity index (χ1n) is 5.40. The van der Waals surface area contributed by atoms with Crippen molar-refractivity contribution in [1.29, 1.82) is 0 Å². The number of carboxylic acid groups (broad SMARTS) is 1. The molecule has 0 saturated heterocycles. The largest absolute Gasteiger partial charge is 0.478 e. The summed E-state index contributed by atoms with van der Waals surface area (Å²) >= 11 is 5.58. The van der Waals surface area contributed by atoms with Crippen molar-refractivity contribution >= 4 is 33.6 Å². The van der Waals surface area contributed by atoms with Crippen LogP contribution in [0.15, 0.2) is 17.0 Å². The van der Waals surface area contributed by atoms with Gasteiger partial charge in [0.1, 0.15) is 4.90 Å². The van der Waals surface area contributed by atoms with Gasteiger partial charge in [-0.1, -0.05) is 11.6 Å². The standard InChI is InChI=1S/C10H11ClFN3O5S/c11-5-3-6(9(16)17)8(12)7(4-5)21(19,20)15-2-1-14-10(13)18/h3-4,15H,1-2H2,(H,16,17)(H3,13,14,18). The number of amides is 2. The molecule has 0 aliphatic rings. The molecular weight excluding hydrogens is 329 g/mol. The third-order valence-electron chi connectivity index (χ3n) is 2.24. The third-order valence-corrected chi connectivity index (χ3v) is 3.92. The number of carbonyl (C=O) groups is 2. The van der Waals surface area contributed by atoms with E-state index in [2.05, 4.69) is 5.32 Å². The monoisotopic (exact) mass is 339 g/mol. The Labute approximate surface area is 124 Å². The zero-order valence-corrected chi connectivity index (χ0v) is 12.0.